The molecule has 26 heavy (non-hydrogen) atoms. The van der Waals surface area contributed by atoms with Crippen LogP contribution in [0.25, 0.3) is 10.9 Å². The number of nitrogens with zero attached hydrogens (tertiary/aromatic N) is 2. The lowest BCUT2D eigenvalue weighted by atomic mass is 10.1. The molecule has 0 spiro atoms. The van der Waals surface area contributed by atoms with Gasteiger partial charge in [-0.25, -0.2) is 10.2 Å². The third kappa shape index (κ3) is 4.46. The maximum atomic E-state index is 11.9. The van der Waals surface area contributed by atoms with Crippen LogP contribution in [0.2, 0.25) is 0 Å². The van der Waals surface area contributed by atoms with Crippen LogP contribution in [0.1, 0.15) is 15.9 Å². The summed E-state index contributed by atoms with van der Waals surface area (Å²) in [5.41, 5.74) is 4.23. The topological polar surface area (TPSA) is 91.7 Å². The summed E-state index contributed by atoms with van der Waals surface area (Å²) in [6, 6.07) is 15.9. The smallest absolute Gasteiger partial charge is 0.335 e. The molecule has 1 amide bonds. The molecule has 0 bridgehead atoms. The van der Waals surface area contributed by atoms with E-state index in [0.717, 1.165) is 15.8 Å². The molecule has 130 valence electrons. The summed E-state index contributed by atoms with van der Waals surface area (Å²) in [5, 5.41) is 13.8. The fourth-order valence-corrected chi connectivity index (χ4v) is 3.09. The van der Waals surface area contributed by atoms with Crippen LogP contribution in [-0.4, -0.2) is 33.9 Å². The van der Waals surface area contributed by atoms with Crippen molar-refractivity contribution in [1.29, 1.82) is 0 Å². The largest absolute Gasteiger partial charge is 0.478 e. The highest BCUT2D eigenvalue weighted by molar-refractivity contribution is 8.00. The van der Waals surface area contributed by atoms with Crippen LogP contribution >= 0.6 is 11.8 Å². The van der Waals surface area contributed by atoms with E-state index in [0.29, 0.717) is 5.56 Å². The van der Waals surface area contributed by atoms with Gasteiger partial charge in [0.1, 0.15) is 0 Å². The molecule has 0 fully saturated rings. The molecule has 3 rings (SSSR count). The second-order valence-electron chi connectivity index (χ2n) is 5.34. The highest BCUT2D eigenvalue weighted by Crippen LogP contribution is 2.25. The average Bonchev–Trinajstić information content (AvgIpc) is 2.66. The van der Waals surface area contributed by atoms with Gasteiger partial charge in [-0.3, -0.25) is 9.78 Å². The Hall–Kier alpha value is -3.19. The number of rotatable bonds is 6. The van der Waals surface area contributed by atoms with E-state index in [1.807, 2.05) is 30.3 Å². The van der Waals surface area contributed by atoms with E-state index in [1.165, 1.54) is 30.1 Å². The number of benzene rings is 2. The number of para-hydroxylation sites is 1. The summed E-state index contributed by atoms with van der Waals surface area (Å²) in [6.45, 7) is 0. The van der Waals surface area contributed by atoms with Crippen molar-refractivity contribution in [3.63, 3.8) is 0 Å². The predicted molar refractivity (Wildman–Crippen MR) is 102 cm³/mol. The van der Waals surface area contributed by atoms with E-state index in [9.17, 15) is 9.59 Å². The first-order chi connectivity index (χ1) is 12.6. The van der Waals surface area contributed by atoms with Gasteiger partial charge in [-0.1, -0.05) is 30.3 Å². The van der Waals surface area contributed by atoms with Gasteiger partial charge in [0.2, 0.25) is 5.91 Å². The number of amides is 1. The fraction of sp³-hybridized carbons (Fsp3) is 0.0526. The number of fused-ring (bicyclic) bond motifs is 1. The molecule has 0 unspecified atom stereocenters. The number of thioether (sulfide) groups is 1. The van der Waals surface area contributed by atoms with Crippen LogP contribution in [0, 0.1) is 0 Å². The molecule has 0 aliphatic carbocycles. The van der Waals surface area contributed by atoms with Gasteiger partial charge < -0.3 is 5.11 Å². The zero-order valence-corrected chi connectivity index (χ0v) is 14.4. The van der Waals surface area contributed by atoms with Gasteiger partial charge in [0.15, 0.2) is 0 Å². The Labute approximate surface area is 154 Å². The van der Waals surface area contributed by atoms with Gasteiger partial charge in [0, 0.05) is 16.5 Å². The summed E-state index contributed by atoms with van der Waals surface area (Å²) in [7, 11) is 0. The fourth-order valence-electron chi connectivity index (χ4n) is 2.26. The highest BCUT2D eigenvalue weighted by Gasteiger charge is 2.06. The number of nitrogens with one attached hydrogen (secondary N) is 1. The van der Waals surface area contributed by atoms with E-state index in [1.54, 1.807) is 18.3 Å². The Bertz CT molecular complexity index is 966. The standard InChI is InChI=1S/C19H15N3O3S/c23-17(22-21-11-13-6-8-15(9-7-13)19(24)25)12-26-16-5-1-3-14-4-2-10-20-18(14)16/h1-11H,12H2,(H,22,23)(H,24,25)/b21-11-. The first kappa shape index (κ1) is 17.6. The van der Waals surface area contributed by atoms with E-state index in [2.05, 4.69) is 15.5 Å². The SMILES string of the molecule is O=C(CSc1cccc2cccnc12)N/N=C\c1ccc(C(=O)O)cc1. The molecule has 3 aromatic rings. The molecule has 7 heteroatoms. The minimum atomic E-state index is -0.984. The zero-order chi connectivity index (χ0) is 18.4. The highest BCUT2D eigenvalue weighted by atomic mass is 32.2. The average molecular weight is 365 g/mol. The van der Waals surface area contributed by atoms with Crippen molar-refractivity contribution in [1.82, 2.24) is 10.4 Å². The van der Waals surface area contributed by atoms with Crippen LogP contribution in [0.5, 0.6) is 0 Å². The number of hydrogen-bond acceptors (Lipinski definition) is 5. The van der Waals surface area contributed by atoms with E-state index in [4.69, 9.17) is 5.11 Å². The number of aromatic carboxylic acids is 1. The molecular weight excluding hydrogens is 350 g/mol. The Balaban J connectivity index is 1.55. The number of carboxylic acids is 1. The molecular formula is C19H15N3O3S. The summed E-state index contributed by atoms with van der Waals surface area (Å²) < 4.78 is 0. The number of aromatic nitrogens is 1. The number of carbonyl (C=O) groups is 2. The summed E-state index contributed by atoms with van der Waals surface area (Å²) in [6.07, 6.45) is 3.19. The quantitative estimate of drug-likeness (QED) is 0.398. The zero-order valence-electron chi connectivity index (χ0n) is 13.6. The molecule has 0 aliphatic rings. The third-order valence-corrected chi connectivity index (χ3v) is 4.56. The number of pyridine rings is 1. The molecule has 2 N–H and O–H groups in total. The molecule has 0 radical (unpaired) electrons. The second kappa shape index (κ2) is 8.26. The summed E-state index contributed by atoms with van der Waals surface area (Å²) >= 11 is 1.40. The number of hydrogen-bond donors (Lipinski definition) is 2. The van der Waals surface area contributed by atoms with Crippen molar-refractivity contribution in [2.45, 2.75) is 4.90 Å². The maximum Gasteiger partial charge on any atom is 0.335 e. The van der Waals surface area contributed by atoms with Gasteiger partial charge in [-0.05, 0) is 29.8 Å². The van der Waals surface area contributed by atoms with E-state index < -0.39 is 5.97 Å². The first-order valence-electron chi connectivity index (χ1n) is 7.75. The number of hydrazone groups is 1. The van der Waals surface area contributed by atoms with E-state index >= 15 is 0 Å². The molecule has 0 atom stereocenters. The lowest BCUT2D eigenvalue weighted by Crippen LogP contribution is -2.19. The normalized spacial score (nSPS) is 10.9. The molecule has 1 heterocycles. The second-order valence-corrected chi connectivity index (χ2v) is 6.36. The molecule has 6 nitrogen and oxygen atoms in total. The van der Waals surface area contributed by atoms with Crippen LogP contribution in [0.15, 0.2) is 70.8 Å². The number of carbonyl (C=O) groups excluding carboxylic acids is 1. The van der Waals surface area contributed by atoms with Crippen molar-refractivity contribution in [3.05, 3.63) is 71.9 Å². The first-order valence-corrected chi connectivity index (χ1v) is 8.74. The van der Waals surface area contributed by atoms with Crippen LogP contribution in [0.4, 0.5) is 0 Å². The Morgan fingerprint density at radius 1 is 1.12 bits per heavy atom. The van der Waals surface area contributed by atoms with Gasteiger partial charge in [-0.2, -0.15) is 5.10 Å². The van der Waals surface area contributed by atoms with Gasteiger partial charge >= 0.3 is 5.97 Å². The van der Waals surface area contributed by atoms with Crippen molar-refractivity contribution >= 4 is 40.8 Å². The lowest BCUT2D eigenvalue weighted by molar-refractivity contribution is -0.118. The molecule has 0 saturated carbocycles. The van der Waals surface area contributed by atoms with Crippen molar-refractivity contribution in [2.24, 2.45) is 5.10 Å². The summed E-state index contributed by atoms with van der Waals surface area (Å²) in [5.74, 6) is -1.01. The van der Waals surface area contributed by atoms with E-state index in [-0.39, 0.29) is 17.2 Å². The van der Waals surface area contributed by atoms with Gasteiger partial charge in [0.25, 0.3) is 0 Å². The minimum Gasteiger partial charge on any atom is -0.478 e. The minimum absolute atomic E-state index is 0.200. The maximum absolute atomic E-state index is 11.9. The van der Waals surface area contributed by atoms with Gasteiger partial charge in [0.05, 0.1) is 23.0 Å². The molecule has 2 aromatic carbocycles. The van der Waals surface area contributed by atoms with Crippen LogP contribution < -0.4 is 5.43 Å². The van der Waals surface area contributed by atoms with Gasteiger partial charge in [-0.15, -0.1) is 11.8 Å². The molecule has 0 saturated heterocycles. The third-order valence-electron chi connectivity index (χ3n) is 3.51. The lowest BCUT2D eigenvalue weighted by Gasteiger charge is -2.04. The Kier molecular flexibility index (Phi) is 5.60. The monoisotopic (exact) mass is 365 g/mol. The molecule has 0 aliphatic heterocycles. The van der Waals surface area contributed by atoms with Crippen molar-refractivity contribution in [3.8, 4) is 0 Å². The Morgan fingerprint density at radius 3 is 2.65 bits per heavy atom. The molecule has 1 aromatic heterocycles. The number of carboxylic acid groups (broad SMARTS) is 1. The van der Waals surface area contributed by atoms with Crippen molar-refractivity contribution in [2.75, 3.05) is 5.75 Å². The van der Waals surface area contributed by atoms with Crippen LogP contribution in [0.3, 0.4) is 0 Å². The summed E-state index contributed by atoms with van der Waals surface area (Å²) in [4.78, 5) is 28.0. The Morgan fingerprint density at radius 2 is 1.88 bits per heavy atom. The van der Waals surface area contributed by atoms with Crippen LogP contribution in [-0.2, 0) is 4.79 Å². The van der Waals surface area contributed by atoms with Crippen molar-refractivity contribution < 1.29 is 14.7 Å². The predicted octanol–water partition coefficient (Wildman–Crippen LogP) is 3.18.